The Kier molecular flexibility index (Phi) is 9.85. The van der Waals surface area contributed by atoms with Crippen LogP contribution in [-0.4, -0.2) is 10.9 Å². The van der Waals surface area contributed by atoms with Crippen LogP contribution < -0.4 is 0 Å². The monoisotopic (exact) mass is 282 g/mol. The molecule has 0 heterocycles. The summed E-state index contributed by atoms with van der Waals surface area (Å²) in [5, 5.41) is 10.4. The first-order valence-corrected chi connectivity index (χ1v) is 8.56. The van der Waals surface area contributed by atoms with Gasteiger partial charge in [-0.25, -0.2) is 0 Å². The quantitative estimate of drug-likeness (QED) is 0.688. The minimum absolute atomic E-state index is 0.449. The number of unbranched alkanes of at least 4 members (excludes halogenated alkanes) is 1. The summed E-state index contributed by atoms with van der Waals surface area (Å²) in [5.74, 6) is 1.59. The Morgan fingerprint density at radius 2 is 1.63 bits per heavy atom. The number of rotatable bonds is 6. The second-order valence-electron chi connectivity index (χ2n) is 4.59. The molecule has 2 heteroatoms. The third kappa shape index (κ3) is 5.90. The molecule has 1 aromatic rings. The van der Waals surface area contributed by atoms with Crippen LogP contribution in [0.4, 0.5) is 0 Å². The molecule has 0 saturated heterocycles. The van der Waals surface area contributed by atoms with Crippen LogP contribution in [0, 0.1) is 13.8 Å². The second kappa shape index (κ2) is 10.2. The van der Waals surface area contributed by atoms with E-state index < -0.39 is 0 Å². The number of aromatic hydroxyl groups is 1. The van der Waals surface area contributed by atoms with Gasteiger partial charge in [0.05, 0.1) is 0 Å². The van der Waals surface area contributed by atoms with E-state index in [1.165, 1.54) is 24.8 Å². The highest BCUT2D eigenvalue weighted by Crippen LogP contribution is 2.36. The first-order valence-electron chi connectivity index (χ1n) is 7.51. The summed E-state index contributed by atoms with van der Waals surface area (Å²) < 4.78 is 0. The normalized spacial score (nSPS) is 11.7. The van der Waals surface area contributed by atoms with Crippen LogP contribution in [0.1, 0.15) is 68.9 Å². The van der Waals surface area contributed by atoms with E-state index in [1.54, 1.807) is 0 Å². The Labute approximate surface area is 123 Å². The lowest BCUT2D eigenvalue weighted by Gasteiger charge is -2.18. The Morgan fingerprint density at radius 1 is 1.11 bits per heavy atom. The fourth-order valence-electron chi connectivity index (χ4n) is 2.11. The molecular weight excluding hydrogens is 252 g/mol. The third-order valence-electron chi connectivity index (χ3n) is 3.07. The van der Waals surface area contributed by atoms with E-state index >= 15 is 0 Å². The summed E-state index contributed by atoms with van der Waals surface area (Å²) in [7, 11) is 0. The summed E-state index contributed by atoms with van der Waals surface area (Å²) >= 11 is 2.01. The molecule has 0 bridgehead atoms. The van der Waals surface area contributed by atoms with Crippen LogP contribution in [0.3, 0.4) is 0 Å². The molecule has 1 atom stereocenters. The molecule has 0 spiro atoms. The Morgan fingerprint density at radius 3 is 2.05 bits per heavy atom. The highest BCUT2D eigenvalue weighted by atomic mass is 32.2. The van der Waals surface area contributed by atoms with Gasteiger partial charge in [-0.3, -0.25) is 0 Å². The number of phenols is 1. The van der Waals surface area contributed by atoms with Gasteiger partial charge in [0.25, 0.3) is 0 Å². The maximum atomic E-state index is 9.81. The van der Waals surface area contributed by atoms with Crippen LogP contribution in [0.5, 0.6) is 5.75 Å². The molecule has 1 nitrogen and oxygen atoms in total. The van der Waals surface area contributed by atoms with E-state index in [9.17, 15) is 5.11 Å². The van der Waals surface area contributed by atoms with E-state index in [0.717, 1.165) is 16.9 Å². The zero-order valence-corrected chi connectivity index (χ0v) is 14.2. The Hall–Kier alpha value is -0.630. The Balaban J connectivity index is 0.00000154. The largest absolute Gasteiger partial charge is 0.507 e. The number of hydrogen-bond acceptors (Lipinski definition) is 2. The first kappa shape index (κ1) is 18.4. The molecule has 0 saturated carbocycles. The maximum Gasteiger partial charge on any atom is 0.121 e. The number of aryl methyl sites for hydroxylation is 2. The van der Waals surface area contributed by atoms with Gasteiger partial charge in [0.1, 0.15) is 5.75 Å². The first-order chi connectivity index (χ1) is 9.10. The van der Waals surface area contributed by atoms with Gasteiger partial charge < -0.3 is 5.11 Å². The number of thioether (sulfide) groups is 1. The van der Waals surface area contributed by atoms with Gasteiger partial charge in [0, 0.05) is 5.25 Å². The molecule has 1 rings (SSSR count). The molecule has 0 aliphatic heterocycles. The van der Waals surface area contributed by atoms with Gasteiger partial charge in [-0.15, -0.1) is 0 Å². The summed E-state index contributed by atoms with van der Waals surface area (Å²) in [4.78, 5) is 0. The predicted octanol–water partition coefficient (Wildman–Crippen LogP) is 6.02. The molecule has 1 aromatic carbocycles. The van der Waals surface area contributed by atoms with Crippen molar-refractivity contribution in [3.05, 3.63) is 28.8 Å². The lowest BCUT2D eigenvalue weighted by atomic mass is 10.0. The molecule has 0 amide bonds. The van der Waals surface area contributed by atoms with Crippen molar-refractivity contribution in [1.29, 1.82) is 0 Å². The van der Waals surface area contributed by atoms with Crippen LogP contribution in [-0.2, 0) is 0 Å². The molecule has 0 aromatic heterocycles. The van der Waals surface area contributed by atoms with Crippen molar-refractivity contribution in [3.8, 4) is 5.75 Å². The predicted molar refractivity (Wildman–Crippen MR) is 89.3 cm³/mol. The molecule has 0 aliphatic carbocycles. The third-order valence-corrected chi connectivity index (χ3v) is 4.32. The van der Waals surface area contributed by atoms with Crippen molar-refractivity contribution in [2.75, 3.05) is 5.75 Å². The van der Waals surface area contributed by atoms with Crippen molar-refractivity contribution in [3.63, 3.8) is 0 Å². The van der Waals surface area contributed by atoms with E-state index in [0.29, 0.717) is 11.0 Å². The van der Waals surface area contributed by atoms with Crippen LogP contribution >= 0.6 is 11.8 Å². The highest BCUT2D eigenvalue weighted by Gasteiger charge is 2.13. The number of benzene rings is 1. The van der Waals surface area contributed by atoms with Crippen molar-refractivity contribution >= 4 is 11.8 Å². The van der Waals surface area contributed by atoms with Crippen molar-refractivity contribution in [2.24, 2.45) is 0 Å². The SMILES string of the molecule is CC.CCCCC(SCC)c1cc(C)c(O)c(C)c1. The summed E-state index contributed by atoms with van der Waals surface area (Å²) in [6.45, 7) is 12.4. The van der Waals surface area contributed by atoms with Crippen molar-refractivity contribution in [1.82, 2.24) is 0 Å². The fraction of sp³-hybridized carbons (Fsp3) is 0.647. The molecule has 1 N–H and O–H groups in total. The molecular formula is C17H30OS. The molecule has 1 unspecified atom stereocenters. The standard InChI is InChI=1S/C15H24OS.C2H6/c1-5-7-8-14(17-6-2)13-9-11(3)15(16)12(4)10-13;1-2/h9-10,14,16H,5-8H2,1-4H3;1-2H3. The minimum atomic E-state index is 0.449. The van der Waals surface area contributed by atoms with Gasteiger partial charge in [-0.05, 0) is 42.7 Å². The molecule has 0 radical (unpaired) electrons. The van der Waals surface area contributed by atoms with Crippen LogP contribution in [0.25, 0.3) is 0 Å². The topological polar surface area (TPSA) is 20.2 Å². The zero-order chi connectivity index (χ0) is 14.8. The van der Waals surface area contributed by atoms with Gasteiger partial charge in [0.2, 0.25) is 0 Å². The summed E-state index contributed by atoms with van der Waals surface area (Å²) in [6.07, 6.45) is 3.76. The fourth-order valence-corrected chi connectivity index (χ4v) is 3.18. The maximum absolute atomic E-state index is 9.81. The van der Waals surface area contributed by atoms with E-state index in [1.807, 2.05) is 39.5 Å². The van der Waals surface area contributed by atoms with Gasteiger partial charge in [0.15, 0.2) is 0 Å². The summed E-state index contributed by atoms with van der Waals surface area (Å²) in [5.41, 5.74) is 3.37. The van der Waals surface area contributed by atoms with Gasteiger partial charge >= 0.3 is 0 Å². The smallest absolute Gasteiger partial charge is 0.121 e. The molecule has 110 valence electrons. The van der Waals surface area contributed by atoms with Gasteiger partial charge in [-0.1, -0.05) is 52.7 Å². The average Bonchev–Trinajstić information content (AvgIpc) is 2.42. The van der Waals surface area contributed by atoms with Crippen molar-refractivity contribution in [2.45, 2.75) is 66.1 Å². The van der Waals surface area contributed by atoms with Gasteiger partial charge in [-0.2, -0.15) is 11.8 Å². The number of phenolic OH excluding ortho intramolecular Hbond substituents is 1. The number of hydrogen-bond donors (Lipinski definition) is 1. The lowest BCUT2D eigenvalue weighted by Crippen LogP contribution is -1.97. The highest BCUT2D eigenvalue weighted by molar-refractivity contribution is 7.99. The Bertz CT molecular complexity index is 337. The lowest BCUT2D eigenvalue weighted by molar-refractivity contribution is 0.466. The zero-order valence-electron chi connectivity index (χ0n) is 13.4. The molecule has 0 fully saturated rings. The average molecular weight is 282 g/mol. The summed E-state index contributed by atoms with van der Waals surface area (Å²) in [6, 6.07) is 4.29. The molecule has 0 aliphatic rings. The minimum Gasteiger partial charge on any atom is -0.507 e. The molecule has 19 heavy (non-hydrogen) atoms. The second-order valence-corrected chi connectivity index (χ2v) is 6.07. The van der Waals surface area contributed by atoms with E-state index in [-0.39, 0.29) is 0 Å². The van der Waals surface area contributed by atoms with E-state index in [4.69, 9.17) is 0 Å². The van der Waals surface area contributed by atoms with Crippen LogP contribution in [0.2, 0.25) is 0 Å². The van der Waals surface area contributed by atoms with Crippen LogP contribution in [0.15, 0.2) is 12.1 Å². The van der Waals surface area contributed by atoms with E-state index in [2.05, 4.69) is 26.0 Å². The van der Waals surface area contributed by atoms with Crippen molar-refractivity contribution < 1.29 is 5.11 Å².